The number of hydrogen-bond acceptors (Lipinski definition) is 5. The van der Waals surface area contributed by atoms with Crippen LogP contribution < -0.4 is 24.8 Å². The largest absolute Gasteiger partial charge is 0.493 e. The molecule has 1 heterocycles. The minimum absolute atomic E-state index is 0. The van der Waals surface area contributed by atoms with Gasteiger partial charge in [-0.1, -0.05) is 6.07 Å². The highest BCUT2D eigenvalue weighted by molar-refractivity contribution is 14.0. The van der Waals surface area contributed by atoms with Crippen LogP contribution in [0.3, 0.4) is 0 Å². The second-order valence-electron chi connectivity index (χ2n) is 6.88. The van der Waals surface area contributed by atoms with Gasteiger partial charge >= 0.3 is 0 Å². The molecule has 0 aliphatic heterocycles. The molecule has 8 heteroatoms. The molecule has 0 unspecified atom stereocenters. The molecule has 1 aliphatic rings. The monoisotopic (exact) mass is 526 g/mol. The first-order valence-electron chi connectivity index (χ1n) is 10.1. The third-order valence-corrected chi connectivity index (χ3v) is 4.80. The van der Waals surface area contributed by atoms with Crippen molar-refractivity contribution in [1.82, 2.24) is 10.3 Å². The number of benzene rings is 1. The van der Waals surface area contributed by atoms with Gasteiger partial charge in [-0.05, 0) is 50.3 Å². The predicted octanol–water partition coefficient (Wildman–Crippen LogP) is 4.62. The highest BCUT2D eigenvalue weighted by Gasteiger charge is 2.16. The summed E-state index contributed by atoms with van der Waals surface area (Å²) in [6.45, 7) is 3.13. The Hall–Kier alpha value is -2.23. The van der Waals surface area contributed by atoms with Crippen molar-refractivity contribution in [1.29, 1.82) is 0 Å². The van der Waals surface area contributed by atoms with Crippen LogP contribution in [0.25, 0.3) is 0 Å². The van der Waals surface area contributed by atoms with E-state index in [1.54, 1.807) is 14.2 Å². The topological polar surface area (TPSA) is 77.0 Å². The van der Waals surface area contributed by atoms with Crippen molar-refractivity contribution in [2.75, 3.05) is 26.1 Å². The molecule has 164 valence electrons. The van der Waals surface area contributed by atoms with Gasteiger partial charge in [-0.25, -0.2) is 4.98 Å². The van der Waals surface area contributed by atoms with E-state index in [0.29, 0.717) is 36.8 Å². The van der Waals surface area contributed by atoms with Crippen molar-refractivity contribution in [2.45, 2.75) is 45.3 Å². The van der Waals surface area contributed by atoms with Gasteiger partial charge in [0, 0.05) is 37.6 Å². The Balaban J connectivity index is 0.00000320. The van der Waals surface area contributed by atoms with Gasteiger partial charge in [0.15, 0.2) is 17.5 Å². The minimum atomic E-state index is 0. The Bertz CT molecular complexity index is 809. The van der Waals surface area contributed by atoms with Crippen LogP contribution in [0, 0.1) is 0 Å². The number of aliphatic imine (C=N–C) groups is 1. The number of guanidine groups is 1. The van der Waals surface area contributed by atoms with E-state index in [9.17, 15) is 0 Å². The predicted molar refractivity (Wildman–Crippen MR) is 131 cm³/mol. The van der Waals surface area contributed by atoms with Gasteiger partial charge in [0.1, 0.15) is 6.10 Å². The second-order valence-corrected chi connectivity index (χ2v) is 6.88. The lowest BCUT2D eigenvalue weighted by Crippen LogP contribution is -2.30. The van der Waals surface area contributed by atoms with E-state index in [2.05, 4.69) is 20.6 Å². The summed E-state index contributed by atoms with van der Waals surface area (Å²) in [5, 5.41) is 6.55. The van der Waals surface area contributed by atoms with Crippen LogP contribution in [0.4, 0.5) is 5.69 Å². The lowest BCUT2D eigenvalue weighted by molar-refractivity contribution is 0.201. The van der Waals surface area contributed by atoms with Crippen molar-refractivity contribution in [2.24, 2.45) is 4.99 Å². The number of halogens is 1. The van der Waals surface area contributed by atoms with E-state index in [4.69, 9.17) is 14.2 Å². The smallest absolute Gasteiger partial charge is 0.213 e. The van der Waals surface area contributed by atoms with Crippen molar-refractivity contribution in [3.63, 3.8) is 0 Å². The summed E-state index contributed by atoms with van der Waals surface area (Å²) in [5.41, 5.74) is 1.91. The third kappa shape index (κ3) is 6.93. The standard InChI is InChI=1S/C22H30N4O3.HI/c1-4-28-19-11-10-17(13-20(19)27-3)26-22(23-2)25-15-16-9-12-21(24-14-16)29-18-7-5-6-8-18;/h9-14,18H,4-8,15H2,1-3H3,(H2,23,25,26);1H. The molecule has 0 atom stereocenters. The van der Waals surface area contributed by atoms with Gasteiger partial charge in [-0.2, -0.15) is 0 Å². The third-order valence-electron chi connectivity index (χ3n) is 4.80. The Kier molecular flexibility index (Phi) is 9.99. The number of anilines is 1. The molecule has 2 N–H and O–H groups in total. The van der Waals surface area contributed by atoms with Gasteiger partial charge in [-0.3, -0.25) is 4.99 Å². The lowest BCUT2D eigenvalue weighted by atomic mass is 10.2. The maximum Gasteiger partial charge on any atom is 0.213 e. The molecule has 0 saturated heterocycles. The van der Waals surface area contributed by atoms with Crippen molar-refractivity contribution >= 4 is 35.6 Å². The zero-order chi connectivity index (χ0) is 20.5. The van der Waals surface area contributed by atoms with Gasteiger partial charge in [-0.15, -0.1) is 24.0 Å². The van der Waals surface area contributed by atoms with E-state index in [0.717, 1.165) is 29.8 Å². The van der Waals surface area contributed by atoms with E-state index in [1.807, 2.05) is 43.5 Å². The van der Waals surface area contributed by atoms with Crippen LogP contribution in [0.5, 0.6) is 17.4 Å². The fourth-order valence-electron chi connectivity index (χ4n) is 3.28. The second kappa shape index (κ2) is 12.5. The molecule has 1 aliphatic carbocycles. The Morgan fingerprint density at radius 3 is 2.60 bits per heavy atom. The average Bonchev–Trinajstić information content (AvgIpc) is 3.26. The maximum atomic E-state index is 5.92. The van der Waals surface area contributed by atoms with Gasteiger partial charge < -0.3 is 24.8 Å². The molecule has 0 amide bonds. The lowest BCUT2D eigenvalue weighted by Gasteiger charge is -2.15. The normalized spacial score (nSPS) is 14.0. The number of nitrogens with one attached hydrogen (secondary N) is 2. The zero-order valence-corrected chi connectivity index (χ0v) is 20.1. The Labute approximate surface area is 195 Å². The number of methoxy groups -OCH3 is 1. The van der Waals surface area contributed by atoms with Crippen LogP contribution in [-0.4, -0.2) is 37.8 Å². The Morgan fingerprint density at radius 1 is 1.17 bits per heavy atom. The van der Waals surface area contributed by atoms with Crippen LogP contribution in [-0.2, 0) is 6.54 Å². The summed E-state index contributed by atoms with van der Waals surface area (Å²) in [4.78, 5) is 8.70. The summed E-state index contributed by atoms with van der Waals surface area (Å²) in [7, 11) is 3.36. The molecule has 7 nitrogen and oxygen atoms in total. The molecule has 1 fully saturated rings. The van der Waals surface area contributed by atoms with Crippen LogP contribution in [0.15, 0.2) is 41.5 Å². The fourth-order valence-corrected chi connectivity index (χ4v) is 3.28. The molecular formula is C22H31IN4O3. The number of pyridine rings is 1. The quantitative estimate of drug-likeness (QED) is 0.297. The number of aromatic nitrogens is 1. The molecule has 0 bridgehead atoms. The minimum Gasteiger partial charge on any atom is -0.493 e. The summed E-state index contributed by atoms with van der Waals surface area (Å²) < 4.78 is 16.9. The molecule has 3 rings (SSSR count). The highest BCUT2D eigenvalue weighted by Crippen LogP contribution is 2.30. The summed E-state index contributed by atoms with van der Waals surface area (Å²) >= 11 is 0. The molecule has 0 spiro atoms. The van der Waals surface area contributed by atoms with Crippen molar-refractivity contribution in [3.05, 3.63) is 42.1 Å². The average molecular weight is 526 g/mol. The molecule has 1 aromatic heterocycles. The zero-order valence-electron chi connectivity index (χ0n) is 17.8. The number of ether oxygens (including phenoxy) is 3. The van der Waals surface area contributed by atoms with E-state index in [1.165, 1.54) is 12.8 Å². The summed E-state index contributed by atoms with van der Waals surface area (Å²) in [6.07, 6.45) is 6.91. The van der Waals surface area contributed by atoms with E-state index >= 15 is 0 Å². The van der Waals surface area contributed by atoms with E-state index in [-0.39, 0.29) is 24.0 Å². The van der Waals surface area contributed by atoms with Crippen LogP contribution in [0.1, 0.15) is 38.2 Å². The molecule has 30 heavy (non-hydrogen) atoms. The van der Waals surface area contributed by atoms with Gasteiger partial charge in [0.2, 0.25) is 5.88 Å². The Morgan fingerprint density at radius 2 is 1.97 bits per heavy atom. The molecule has 1 saturated carbocycles. The number of rotatable bonds is 8. The van der Waals surface area contributed by atoms with Crippen LogP contribution >= 0.6 is 24.0 Å². The molecule has 2 aromatic rings. The summed E-state index contributed by atoms with van der Waals surface area (Å²) in [5.74, 6) is 2.75. The van der Waals surface area contributed by atoms with Crippen LogP contribution in [0.2, 0.25) is 0 Å². The first kappa shape index (κ1) is 24.0. The molecule has 0 radical (unpaired) electrons. The van der Waals surface area contributed by atoms with Crippen molar-refractivity contribution in [3.8, 4) is 17.4 Å². The molecule has 1 aromatic carbocycles. The maximum absolute atomic E-state index is 5.92. The number of nitrogens with zero attached hydrogens (tertiary/aromatic N) is 2. The summed E-state index contributed by atoms with van der Waals surface area (Å²) in [6, 6.07) is 9.65. The van der Waals surface area contributed by atoms with Gasteiger partial charge in [0.25, 0.3) is 0 Å². The van der Waals surface area contributed by atoms with E-state index < -0.39 is 0 Å². The fraction of sp³-hybridized carbons (Fsp3) is 0.455. The number of hydrogen-bond donors (Lipinski definition) is 2. The van der Waals surface area contributed by atoms with Crippen molar-refractivity contribution < 1.29 is 14.2 Å². The highest BCUT2D eigenvalue weighted by atomic mass is 127. The molecular weight excluding hydrogens is 495 g/mol. The first-order valence-corrected chi connectivity index (χ1v) is 10.1. The SMILES string of the molecule is CCOc1ccc(NC(=NC)NCc2ccc(OC3CCCC3)nc2)cc1OC.I. The van der Waals surface area contributed by atoms with Gasteiger partial charge in [0.05, 0.1) is 13.7 Å². The first-order chi connectivity index (χ1) is 14.2.